The zero-order chi connectivity index (χ0) is 19.7. The predicted octanol–water partition coefficient (Wildman–Crippen LogP) is 5.06. The first-order chi connectivity index (χ1) is 13.7. The average Bonchev–Trinajstić information content (AvgIpc) is 2.74. The van der Waals surface area contributed by atoms with Gasteiger partial charge in [-0.1, -0.05) is 44.7 Å². The number of carbonyl (C=O) groups is 2. The van der Waals surface area contributed by atoms with Crippen molar-refractivity contribution in [3.63, 3.8) is 0 Å². The molecular weight excluding hydrogens is 354 g/mol. The van der Waals surface area contributed by atoms with Gasteiger partial charge in [0.1, 0.15) is 0 Å². The van der Waals surface area contributed by atoms with Crippen LogP contribution in [-0.4, -0.2) is 29.3 Å². The summed E-state index contributed by atoms with van der Waals surface area (Å²) in [5, 5.41) is 6.28. The number of unbranched alkanes of at least 4 members (excludes halogenated alkanes) is 1. The van der Waals surface area contributed by atoms with Crippen molar-refractivity contribution in [3.8, 4) is 0 Å². The molecule has 0 aromatic heterocycles. The van der Waals surface area contributed by atoms with Gasteiger partial charge in [-0.05, 0) is 37.5 Å². The number of benzene rings is 2. The van der Waals surface area contributed by atoms with E-state index < -0.39 is 0 Å². The monoisotopic (exact) mass is 379 g/mol. The van der Waals surface area contributed by atoms with Gasteiger partial charge < -0.3 is 0 Å². The van der Waals surface area contributed by atoms with E-state index in [1.54, 1.807) is 17.1 Å². The van der Waals surface area contributed by atoms with Gasteiger partial charge in [-0.15, -0.1) is 4.91 Å². The average molecular weight is 379 g/mol. The summed E-state index contributed by atoms with van der Waals surface area (Å²) in [6.45, 7) is 2.46. The topological polar surface area (TPSA) is 70.1 Å². The van der Waals surface area contributed by atoms with Gasteiger partial charge >= 0.3 is 0 Å². The second-order valence-corrected chi connectivity index (χ2v) is 7.69. The van der Waals surface area contributed by atoms with E-state index >= 15 is 0 Å². The number of carbonyl (C=O) groups excluding carboxylic acids is 2. The molecule has 146 valence electrons. The molecule has 1 aliphatic heterocycles. The minimum absolute atomic E-state index is 0.0688. The maximum Gasteiger partial charge on any atom is 0.261 e. The number of hydrogen-bond acceptors (Lipinski definition) is 4. The van der Waals surface area contributed by atoms with Crippen LogP contribution in [0.1, 0.15) is 72.6 Å². The highest BCUT2D eigenvalue weighted by atomic mass is 16.3. The Labute approximate surface area is 164 Å². The fraction of sp³-hybridized carbons (Fsp3) is 0.455. The second kappa shape index (κ2) is 7.70. The third kappa shape index (κ3) is 2.97. The molecule has 0 radical (unpaired) electrons. The first-order valence-electron chi connectivity index (χ1n) is 10.2. The molecule has 1 fully saturated rings. The van der Waals surface area contributed by atoms with E-state index in [1.807, 2.05) is 25.1 Å². The zero-order valence-electron chi connectivity index (χ0n) is 16.2. The quantitative estimate of drug-likeness (QED) is 0.400. The van der Waals surface area contributed by atoms with Crippen molar-refractivity contribution >= 4 is 28.3 Å². The first kappa shape index (κ1) is 18.6. The predicted molar refractivity (Wildman–Crippen MR) is 109 cm³/mol. The van der Waals surface area contributed by atoms with Gasteiger partial charge in [0.25, 0.3) is 11.8 Å². The van der Waals surface area contributed by atoms with Gasteiger partial charge in [0.05, 0.1) is 17.0 Å². The maximum absolute atomic E-state index is 13.0. The normalized spacial score (nSPS) is 17.2. The van der Waals surface area contributed by atoms with E-state index in [0.717, 1.165) is 43.9 Å². The van der Waals surface area contributed by atoms with Crippen LogP contribution in [0.2, 0.25) is 0 Å². The van der Waals surface area contributed by atoms with E-state index in [4.69, 9.17) is 0 Å². The Balaban J connectivity index is 1.83. The van der Waals surface area contributed by atoms with Crippen molar-refractivity contribution < 1.29 is 9.59 Å². The molecule has 4 rings (SSSR count). The number of hydrogen-bond donors (Lipinski definition) is 0. The highest BCUT2D eigenvalue weighted by Gasteiger charge is 2.34. The van der Waals surface area contributed by atoms with Gasteiger partial charge in [-0.25, -0.2) is 5.01 Å². The Morgan fingerprint density at radius 1 is 1.04 bits per heavy atom. The molecule has 1 heterocycles. The number of imide groups is 1. The minimum atomic E-state index is -0.253. The summed E-state index contributed by atoms with van der Waals surface area (Å²) in [6.07, 6.45) is 6.90. The van der Waals surface area contributed by atoms with Crippen molar-refractivity contribution in [2.24, 2.45) is 5.29 Å². The molecule has 28 heavy (non-hydrogen) atoms. The molecule has 2 aliphatic rings. The van der Waals surface area contributed by atoms with Crippen molar-refractivity contribution in [1.29, 1.82) is 0 Å². The minimum Gasteiger partial charge on any atom is -0.274 e. The van der Waals surface area contributed by atoms with Crippen molar-refractivity contribution in [1.82, 2.24) is 4.90 Å². The first-order valence-corrected chi connectivity index (χ1v) is 10.2. The maximum atomic E-state index is 13.0. The van der Waals surface area contributed by atoms with Crippen LogP contribution in [0.4, 0.5) is 5.69 Å². The molecule has 2 amide bonds. The third-order valence-corrected chi connectivity index (χ3v) is 5.96. The van der Waals surface area contributed by atoms with Gasteiger partial charge in [-0.3, -0.25) is 14.5 Å². The molecule has 0 unspecified atom stereocenters. The fourth-order valence-corrected chi connectivity index (χ4v) is 4.48. The lowest BCUT2D eigenvalue weighted by atomic mass is 9.91. The largest absolute Gasteiger partial charge is 0.274 e. The highest BCUT2D eigenvalue weighted by molar-refractivity contribution is 6.26. The van der Waals surface area contributed by atoms with Gasteiger partial charge in [0.2, 0.25) is 0 Å². The van der Waals surface area contributed by atoms with Crippen molar-refractivity contribution in [3.05, 3.63) is 46.4 Å². The van der Waals surface area contributed by atoms with E-state index in [0.29, 0.717) is 28.7 Å². The van der Waals surface area contributed by atoms with Crippen LogP contribution in [0, 0.1) is 4.91 Å². The van der Waals surface area contributed by atoms with Crippen LogP contribution in [0.3, 0.4) is 0 Å². The highest BCUT2D eigenvalue weighted by Crippen LogP contribution is 2.38. The van der Waals surface area contributed by atoms with Gasteiger partial charge in [0.15, 0.2) is 0 Å². The van der Waals surface area contributed by atoms with Crippen molar-refractivity contribution in [2.45, 2.75) is 57.9 Å². The summed E-state index contributed by atoms with van der Waals surface area (Å²) in [4.78, 5) is 39.0. The van der Waals surface area contributed by atoms with E-state index in [2.05, 4.69) is 5.29 Å². The molecule has 6 heteroatoms. The lowest BCUT2D eigenvalue weighted by molar-refractivity contribution is 0.0608. The van der Waals surface area contributed by atoms with Crippen LogP contribution in [-0.2, 0) is 0 Å². The molecule has 0 saturated heterocycles. The summed E-state index contributed by atoms with van der Waals surface area (Å²) >= 11 is 0. The molecule has 2 aromatic rings. The third-order valence-electron chi connectivity index (χ3n) is 5.96. The molecule has 2 aromatic carbocycles. The molecule has 0 N–H and O–H groups in total. The molecular formula is C22H25N3O3. The SMILES string of the molecule is CCCCN1C(=O)c2cccc3c(N(N=O)C4CCCCC4)ccc(c23)C1=O. The van der Waals surface area contributed by atoms with Crippen LogP contribution in [0.15, 0.2) is 35.6 Å². The number of rotatable bonds is 6. The summed E-state index contributed by atoms with van der Waals surface area (Å²) in [5.41, 5.74) is 1.74. The Hall–Kier alpha value is -2.76. The fourth-order valence-electron chi connectivity index (χ4n) is 4.48. The van der Waals surface area contributed by atoms with Crippen LogP contribution < -0.4 is 5.01 Å². The lowest BCUT2D eigenvalue weighted by Crippen LogP contribution is -2.41. The smallest absolute Gasteiger partial charge is 0.261 e. The number of anilines is 1. The number of nitroso groups, excluding NO2 is 1. The number of amides is 2. The summed E-state index contributed by atoms with van der Waals surface area (Å²) in [6, 6.07) is 9.09. The Bertz CT molecular complexity index is 912. The summed E-state index contributed by atoms with van der Waals surface area (Å²) in [5.74, 6) is -0.506. The Kier molecular flexibility index (Phi) is 5.11. The second-order valence-electron chi connectivity index (χ2n) is 7.69. The molecule has 0 spiro atoms. The molecule has 6 nitrogen and oxygen atoms in total. The summed E-state index contributed by atoms with van der Waals surface area (Å²) in [7, 11) is 0. The van der Waals surface area contributed by atoms with E-state index in [9.17, 15) is 14.5 Å². The number of nitrogens with zero attached hydrogens (tertiary/aromatic N) is 3. The molecule has 0 atom stereocenters. The molecule has 1 aliphatic carbocycles. The molecule has 0 bridgehead atoms. The van der Waals surface area contributed by atoms with E-state index in [-0.39, 0.29) is 17.9 Å². The van der Waals surface area contributed by atoms with E-state index in [1.165, 1.54) is 11.3 Å². The zero-order valence-corrected chi connectivity index (χ0v) is 16.2. The van der Waals surface area contributed by atoms with Gasteiger partial charge in [0, 0.05) is 28.4 Å². The van der Waals surface area contributed by atoms with Crippen LogP contribution in [0.5, 0.6) is 0 Å². The standard InChI is InChI=1S/C22H25N3O3/c1-2-3-14-24-21(26)17-11-7-10-16-19(13-12-18(20(16)17)22(24)27)25(23-28)15-8-5-4-6-9-15/h7,10-13,15H,2-6,8-9,14H2,1H3. The lowest BCUT2D eigenvalue weighted by Gasteiger charge is -2.32. The van der Waals surface area contributed by atoms with Gasteiger partial charge in [-0.2, -0.15) is 0 Å². The van der Waals surface area contributed by atoms with Crippen LogP contribution >= 0.6 is 0 Å². The molecule has 1 saturated carbocycles. The van der Waals surface area contributed by atoms with Crippen LogP contribution in [0.25, 0.3) is 10.8 Å². The summed E-state index contributed by atoms with van der Waals surface area (Å²) < 4.78 is 0. The Morgan fingerprint density at radius 2 is 1.75 bits per heavy atom. The van der Waals surface area contributed by atoms with Crippen molar-refractivity contribution in [2.75, 3.05) is 11.6 Å². The Morgan fingerprint density at radius 3 is 2.43 bits per heavy atom.